The van der Waals surface area contributed by atoms with E-state index in [1.807, 2.05) is 0 Å². The Kier molecular flexibility index (Phi) is 4.70. The number of nitrogens with one attached hydrogen (secondary N) is 3. The van der Waals surface area contributed by atoms with Crippen molar-refractivity contribution in [3.63, 3.8) is 0 Å². The second kappa shape index (κ2) is 6.69. The summed E-state index contributed by atoms with van der Waals surface area (Å²) in [5, 5.41) is 16.3. The molecule has 112 valence electrons. The normalized spacial score (nSPS) is 13.3. The van der Waals surface area contributed by atoms with Crippen LogP contribution in [0.3, 0.4) is 0 Å². The van der Waals surface area contributed by atoms with Gasteiger partial charge in [-0.2, -0.15) is 0 Å². The molecule has 0 saturated heterocycles. The first-order valence-electron chi connectivity index (χ1n) is 6.54. The standard InChI is InChI=1S/C13H16N4O4/c18-11(16-8-1-2-8)7-15-13(21)17-10-4-3-9(14-6-10)5-12(19)20/h3-4,6,8H,1-2,5,7H2,(H,16,18)(H,19,20)(H2,15,17,21). The third-order valence-corrected chi connectivity index (χ3v) is 2.77. The second-order valence-electron chi connectivity index (χ2n) is 4.76. The zero-order valence-electron chi connectivity index (χ0n) is 11.3. The molecule has 0 atom stereocenters. The number of pyridine rings is 1. The van der Waals surface area contributed by atoms with Gasteiger partial charge in [-0.25, -0.2) is 4.79 Å². The topological polar surface area (TPSA) is 120 Å². The summed E-state index contributed by atoms with van der Waals surface area (Å²) in [6.07, 6.45) is 3.18. The van der Waals surface area contributed by atoms with E-state index in [0.717, 1.165) is 12.8 Å². The van der Waals surface area contributed by atoms with E-state index in [1.165, 1.54) is 12.3 Å². The number of carbonyl (C=O) groups is 3. The monoisotopic (exact) mass is 292 g/mol. The molecule has 1 aliphatic rings. The number of urea groups is 1. The van der Waals surface area contributed by atoms with Gasteiger partial charge in [-0.3, -0.25) is 14.6 Å². The van der Waals surface area contributed by atoms with Gasteiger partial charge < -0.3 is 21.1 Å². The van der Waals surface area contributed by atoms with E-state index >= 15 is 0 Å². The summed E-state index contributed by atoms with van der Waals surface area (Å²) in [6.45, 7) is -0.0904. The highest BCUT2D eigenvalue weighted by molar-refractivity contribution is 5.92. The number of carboxylic acid groups (broad SMARTS) is 1. The van der Waals surface area contributed by atoms with Crippen molar-refractivity contribution >= 4 is 23.6 Å². The highest BCUT2D eigenvalue weighted by atomic mass is 16.4. The van der Waals surface area contributed by atoms with Gasteiger partial charge in [-0.05, 0) is 25.0 Å². The fraction of sp³-hybridized carbons (Fsp3) is 0.385. The van der Waals surface area contributed by atoms with E-state index in [1.54, 1.807) is 6.07 Å². The van der Waals surface area contributed by atoms with E-state index < -0.39 is 12.0 Å². The molecule has 0 aliphatic heterocycles. The van der Waals surface area contributed by atoms with Crippen LogP contribution < -0.4 is 16.0 Å². The lowest BCUT2D eigenvalue weighted by atomic mass is 10.2. The average molecular weight is 292 g/mol. The molecular weight excluding hydrogens is 276 g/mol. The Bertz CT molecular complexity index is 540. The molecule has 1 aromatic rings. The molecule has 8 heteroatoms. The van der Waals surface area contributed by atoms with E-state index in [2.05, 4.69) is 20.9 Å². The molecule has 8 nitrogen and oxygen atoms in total. The van der Waals surface area contributed by atoms with E-state index in [0.29, 0.717) is 11.4 Å². The zero-order chi connectivity index (χ0) is 15.2. The number of anilines is 1. The second-order valence-corrected chi connectivity index (χ2v) is 4.76. The van der Waals surface area contributed by atoms with Crippen LogP contribution in [0.4, 0.5) is 10.5 Å². The van der Waals surface area contributed by atoms with Crippen LogP contribution in [0.2, 0.25) is 0 Å². The van der Waals surface area contributed by atoms with Crippen molar-refractivity contribution in [2.45, 2.75) is 25.3 Å². The lowest BCUT2D eigenvalue weighted by molar-refractivity contribution is -0.136. The molecule has 1 aliphatic carbocycles. The molecule has 0 bridgehead atoms. The van der Waals surface area contributed by atoms with Crippen molar-refractivity contribution in [1.29, 1.82) is 0 Å². The predicted octanol–water partition coefficient (Wildman–Crippen LogP) is 0.109. The van der Waals surface area contributed by atoms with Crippen molar-refractivity contribution < 1.29 is 19.5 Å². The maximum absolute atomic E-state index is 11.6. The molecular formula is C13H16N4O4. The van der Waals surface area contributed by atoms with Crippen LogP contribution in [-0.4, -0.2) is 40.6 Å². The van der Waals surface area contributed by atoms with Crippen LogP contribution in [0.1, 0.15) is 18.5 Å². The first kappa shape index (κ1) is 14.8. The Morgan fingerprint density at radius 2 is 2.05 bits per heavy atom. The van der Waals surface area contributed by atoms with Gasteiger partial charge >= 0.3 is 12.0 Å². The molecule has 1 saturated carbocycles. The summed E-state index contributed by atoms with van der Waals surface area (Å²) in [4.78, 5) is 37.3. The number of carbonyl (C=O) groups excluding carboxylic acids is 2. The number of amides is 3. The Labute approximate surface area is 120 Å². The predicted molar refractivity (Wildman–Crippen MR) is 73.8 cm³/mol. The van der Waals surface area contributed by atoms with Gasteiger partial charge in [0.15, 0.2) is 0 Å². The molecule has 0 unspecified atom stereocenters. The van der Waals surface area contributed by atoms with E-state index in [-0.39, 0.29) is 24.9 Å². The molecule has 21 heavy (non-hydrogen) atoms. The quantitative estimate of drug-likeness (QED) is 0.593. The van der Waals surface area contributed by atoms with Gasteiger partial charge in [0.1, 0.15) is 0 Å². The number of nitrogens with zero attached hydrogens (tertiary/aromatic N) is 1. The number of carboxylic acids is 1. The molecule has 2 rings (SSSR count). The van der Waals surface area contributed by atoms with Gasteiger partial charge in [0.25, 0.3) is 0 Å². The minimum atomic E-state index is -0.970. The number of aliphatic carboxylic acids is 1. The average Bonchev–Trinajstić information content (AvgIpc) is 3.22. The van der Waals surface area contributed by atoms with Crippen molar-refractivity contribution in [1.82, 2.24) is 15.6 Å². The molecule has 3 amide bonds. The van der Waals surface area contributed by atoms with Crippen molar-refractivity contribution in [2.24, 2.45) is 0 Å². The number of rotatable bonds is 6. The number of aromatic nitrogens is 1. The van der Waals surface area contributed by atoms with Gasteiger partial charge in [-0.15, -0.1) is 0 Å². The fourth-order valence-corrected chi connectivity index (χ4v) is 1.60. The minimum absolute atomic E-state index is 0.0904. The van der Waals surface area contributed by atoms with Crippen molar-refractivity contribution in [2.75, 3.05) is 11.9 Å². The SMILES string of the molecule is O=C(O)Cc1ccc(NC(=O)NCC(=O)NC2CC2)cn1. The molecule has 1 fully saturated rings. The van der Waals surface area contributed by atoms with Crippen LogP contribution >= 0.6 is 0 Å². The third-order valence-electron chi connectivity index (χ3n) is 2.77. The summed E-state index contributed by atoms with van der Waals surface area (Å²) >= 11 is 0. The zero-order valence-corrected chi connectivity index (χ0v) is 11.3. The Hall–Kier alpha value is -2.64. The molecule has 0 aromatic carbocycles. The van der Waals surface area contributed by atoms with Crippen molar-refractivity contribution in [3.05, 3.63) is 24.0 Å². The summed E-state index contributed by atoms with van der Waals surface area (Å²) in [5.74, 6) is -1.19. The van der Waals surface area contributed by atoms with Gasteiger partial charge in [0, 0.05) is 6.04 Å². The van der Waals surface area contributed by atoms with Crippen LogP contribution in [0.15, 0.2) is 18.3 Å². The molecule has 1 heterocycles. The first-order chi connectivity index (χ1) is 10.0. The van der Waals surface area contributed by atoms with Crippen LogP contribution in [0.25, 0.3) is 0 Å². The molecule has 0 spiro atoms. The van der Waals surface area contributed by atoms with Gasteiger partial charge in [-0.1, -0.05) is 0 Å². The van der Waals surface area contributed by atoms with Crippen LogP contribution in [-0.2, 0) is 16.0 Å². The third kappa shape index (κ3) is 5.47. The molecule has 0 radical (unpaired) electrons. The summed E-state index contributed by atoms with van der Waals surface area (Å²) in [7, 11) is 0. The van der Waals surface area contributed by atoms with Crippen LogP contribution in [0.5, 0.6) is 0 Å². The Balaban J connectivity index is 1.73. The fourth-order valence-electron chi connectivity index (χ4n) is 1.60. The van der Waals surface area contributed by atoms with E-state index in [4.69, 9.17) is 5.11 Å². The lowest BCUT2D eigenvalue weighted by Gasteiger charge is -2.08. The van der Waals surface area contributed by atoms with Gasteiger partial charge in [0.2, 0.25) is 5.91 Å². The van der Waals surface area contributed by atoms with Crippen molar-refractivity contribution in [3.8, 4) is 0 Å². The minimum Gasteiger partial charge on any atom is -0.481 e. The first-order valence-corrected chi connectivity index (χ1v) is 6.54. The Morgan fingerprint density at radius 1 is 1.29 bits per heavy atom. The summed E-state index contributed by atoms with van der Waals surface area (Å²) in [6, 6.07) is 2.81. The summed E-state index contributed by atoms with van der Waals surface area (Å²) in [5.41, 5.74) is 0.821. The molecule has 1 aromatic heterocycles. The maximum Gasteiger partial charge on any atom is 0.319 e. The highest BCUT2D eigenvalue weighted by Gasteiger charge is 2.23. The molecule has 4 N–H and O–H groups in total. The number of hydrogen-bond donors (Lipinski definition) is 4. The maximum atomic E-state index is 11.6. The van der Waals surface area contributed by atoms with E-state index in [9.17, 15) is 14.4 Å². The highest BCUT2D eigenvalue weighted by Crippen LogP contribution is 2.18. The van der Waals surface area contributed by atoms with Crippen LogP contribution in [0, 0.1) is 0 Å². The summed E-state index contributed by atoms with van der Waals surface area (Å²) < 4.78 is 0. The van der Waals surface area contributed by atoms with Gasteiger partial charge in [0.05, 0.1) is 30.5 Å². The Morgan fingerprint density at radius 3 is 2.62 bits per heavy atom. The number of hydrogen-bond acceptors (Lipinski definition) is 4. The lowest BCUT2D eigenvalue weighted by Crippen LogP contribution is -2.39. The largest absolute Gasteiger partial charge is 0.481 e. The smallest absolute Gasteiger partial charge is 0.319 e.